The normalized spacial score (nSPS) is 20.2. The van der Waals surface area contributed by atoms with Crippen molar-refractivity contribution >= 4 is 11.8 Å². The smallest absolute Gasteiger partial charge is 0.234 e. The molecule has 0 spiro atoms. The molecule has 3 rings (SSSR count). The molecule has 1 aromatic rings. The van der Waals surface area contributed by atoms with Crippen LogP contribution in [0.15, 0.2) is 24.3 Å². The number of nitrogens with zero attached hydrogens (tertiary/aromatic N) is 2. The largest absolute Gasteiger partial charge is 0.348 e. The summed E-state index contributed by atoms with van der Waals surface area (Å²) >= 11 is 0. The molecule has 0 radical (unpaired) electrons. The Hall–Kier alpha value is -1.95. The minimum absolute atomic E-state index is 0.0154. The van der Waals surface area contributed by atoms with Crippen LogP contribution in [0.3, 0.4) is 0 Å². The number of hydrogen-bond acceptors (Lipinski definition) is 3. The number of carbonyl (C=O) groups is 2. The lowest BCUT2D eigenvalue weighted by atomic mass is 9.85. The molecular weight excluding hydrogens is 405 g/mol. The van der Waals surface area contributed by atoms with Gasteiger partial charge in [-0.05, 0) is 74.2 Å². The number of nitrogens with one attached hydrogen (secondary N) is 1. The van der Waals surface area contributed by atoms with Gasteiger partial charge < -0.3 is 10.2 Å². The van der Waals surface area contributed by atoms with Crippen molar-refractivity contribution in [3.8, 4) is 0 Å². The van der Waals surface area contributed by atoms with Gasteiger partial charge >= 0.3 is 0 Å². The Labute approximate surface area is 192 Å². The van der Waals surface area contributed by atoms with Crippen LogP contribution in [0.4, 0.5) is 4.39 Å². The van der Waals surface area contributed by atoms with Crippen LogP contribution in [0.2, 0.25) is 0 Å². The molecule has 2 aliphatic heterocycles. The molecular formula is C26H40FN3O2. The Morgan fingerprint density at radius 3 is 2.19 bits per heavy atom. The van der Waals surface area contributed by atoms with Crippen molar-refractivity contribution < 1.29 is 14.0 Å². The van der Waals surface area contributed by atoms with Gasteiger partial charge in [0.15, 0.2) is 0 Å². The molecule has 1 aromatic carbocycles. The third kappa shape index (κ3) is 7.29. The Morgan fingerprint density at radius 2 is 1.62 bits per heavy atom. The minimum Gasteiger partial charge on any atom is -0.348 e. The fraction of sp³-hybridized carbons (Fsp3) is 0.692. The third-order valence-electron chi connectivity index (χ3n) is 6.82. The summed E-state index contributed by atoms with van der Waals surface area (Å²) < 4.78 is 13.4. The number of benzene rings is 1. The van der Waals surface area contributed by atoms with Crippen LogP contribution in [0.5, 0.6) is 0 Å². The summed E-state index contributed by atoms with van der Waals surface area (Å²) in [5, 5.41) is 3.17. The molecule has 0 aromatic heterocycles. The molecule has 0 aliphatic carbocycles. The molecule has 1 unspecified atom stereocenters. The van der Waals surface area contributed by atoms with Gasteiger partial charge in [0.2, 0.25) is 11.8 Å². The van der Waals surface area contributed by atoms with E-state index in [2.05, 4.69) is 37.9 Å². The Balaban J connectivity index is 1.49. The van der Waals surface area contributed by atoms with Gasteiger partial charge in [-0.15, -0.1) is 0 Å². The quantitative estimate of drug-likeness (QED) is 0.707. The molecule has 1 N–H and O–H groups in total. The topological polar surface area (TPSA) is 52.7 Å². The van der Waals surface area contributed by atoms with E-state index >= 15 is 0 Å². The van der Waals surface area contributed by atoms with E-state index in [0.717, 1.165) is 69.8 Å². The number of rotatable bonds is 6. The van der Waals surface area contributed by atoms with E-state index in [0.29, 0.717) is 12.5 Å². The van der Waals surface area contributed by atoms with E-state index in [4.69, 9.17) is 0 Å². The molecule has 0 saturated carbocycles. The van der Waals surface area contributed by atoms with E-state index in [1.165, 1.54) is 12.1 Å². The van der Waals surface area contributed by atoms with Crippen LogP contribution in [0.1, 0.15) is 71.4 Å². The number of halogens is 1. The molecule has 6 heteroatoms. The van der Waals surface area contributed by atoms with Crippen LogP contribution in [0.25, 0.3) is 0 Å². The molecule has 2 heterocycles. The second kappa shape index (κ2) is 10.8. The van der Waals surface area contributed by atoms with Gasteiger partial charge in [-0.3, -0.25) is 14.5 Å². The zero-order valence-corrected chi connectivity index (χ0v) is 20.2. The Morgan fingerprint density at radius 1 is 1.03 bits per heavy atom. The highest BCUT2D eigenvalue weighted by Gasteiger charge is 2.31. The highest BCUT2D eigenvalue weighted by molar-refractivity contribution is 5.80. The van der Waals surface area contributed by atoms with Crippen LogP contribution in [-0.2, 0) is 9.59 Å². The van der Waals surface area contributed by atoms with Crippen molar-refractivity contribution in [1.29, 1.82) is 0 Å². The standard InChI is InChI=1S/C26H40FN3O2/c1-19-9-15-30(16-10-19)25(32)21-11-13-29(14-12-21)18-24(31)28-23(17-26(2,3)4)20-5-7-22(27)8-6-20/h5-8,19,21,23H,9-18H2,1-4H3,(H,28,31). The van der Waals surface area contributed by atoms with E-state index in [1.54, 1.807) is 12.1 Å². The van der Waals surface area contributed by atoms with E-state index in [-0.39, 0.29) is 29.1 Å². The Kier molecular flexibility index (Phi) is 8.32. The van der Waals surface area contributed by atoms with Crippen molar-refractivity contribution in [2.75, 3.05) is 32.7 Å². The van der Waals surface area contributed by atoms with Crippen LogP contribution >= 0.6 is 0 Å². The summed E-state index contributed by atoms with van der Waals surface area (Å²) in [5.74, 6) is 0.832. The second-order valence-corrected chi connectivity index (χ2v) is 11.0. The van der Waals surface area contributed by atoms with Gasteiger partial charge in [0.1, 0.15) is 5.82 Å². The SMILES string of the molecule is CC1CCN(C(=O)C2CCN(CC(=O)NC(CC(C)(C)C)c3ccc(F)cc3)CC2)CC1. The van der Waals surface area contributed by atoms with E-state index in [1.807, 2.05) is 4.90 Å². The van der Waals surface area contributed by atoms with Crippen LogP contribution in [0, 0.1) is 23.1 Å². The molecule has 178 valence electrons. The number of amides is 2. The maximum Gasteiger partial charge on any atom is 0.234 e. The van der Waals surface area contributed by atoms with Crippen LogP contribution < -0.4 is 5.32 Å². The zero-order chi connectivity index (χ0) is 23.3. The lowest BCUT2D eigenvalue weighted by molar-refractivity contribution is -0.138. The summed E-state index contributed by atoms with van der Waals surface area (Å²) in [6.07, 6.45) is 4.63. The summed E-state index contributed by atoms with van der Waals surface area (Å²) in [6, 6.07) is 6.25. The maximum absolute atomic E-state index is 13.4. The highest BCUT2D eigenvalue weighted by Crippen LogP contribution is 2.30. The Bertz CT molecular complexity index is 758. The first kappa shape index (κ1) is 24.7. The molecule has 5 nitrogen and oxygen atoms in total. The van der Waals surface area contributed by atoms with Gasteiger partial charge in [-0.1, -0.05) is 39.8 Å². The predicted octanol–water partition coefficient (Wildman–Crippen LogP) is 4.39. The maximum atomic E-state index is 13.4. The number of piperidine rings is 2. The fourth-order valence-electron chi connectivity index (χ4n) is 4.83. The summed E-state index contributed by atoms with van der Waals surface area (Å²) in [7, 11) is 0. The third-order valence-corrected chi connectivity index (χ3v) is 6.82. The molecule has 32 heavy (non-hydrogen) atoms. The van der Waals surface area contributed by atoms with Gasteiger partial charge in [-0.25, -0.2) is 4.39 Å². The van der Waals surface area contributed by atoms with Crippen molar-refractivity contribution in [1.82, 2.24) is 15.1 Å². The summed E-state index contributed by atoms with van der Waals surface area (Å²) in [6.45, 7) is 12.3. The second-order valence-electron chi connectivity index (χ2n) is 11.0. The lowest BCUT2D eigenvalue weighted by Crippen LogP contribution is -2.47. The van der Waals surface area contributed by atoms with Crippen LogP contribution in [-0.4, -0.2) is 54.3 Å². The van der Waals surface area contributed by atoms with Gasteiger partial charge in [0.25, 0.3) is 0 Å². The highest BCUT2D eigenvalue weighted by atomic mass is 19.1. The lowest BCUT2D eigenvalue weighted by Gasteiger charge is -2.36. The monoisotopic (exact) mass is 445 g/mol. The molecule has 2 amide bonds. The predicted molar refractivity (Wildman–Crippen MR) is 125 cm³/mol. The first-order valence-corrected chi connectivity index (χ1v) is 12.2. The van der Waals surface area contributed by atoms with Crippen molar-refractivity contribution in [2.45, 2.75) is 65.8 Å². The van der Waals surface area contributed by atoms with Gasteiger partial charge in [-0.2, -0.15) is 0 Å². The molecule has 0 bridgehead atoms. The van der Waals surface area contributed by atoms with Crippen molar-refractivity contribution in [2.24, 2.45) is 17.3 Å². The molecule has 2 fully saturated rings. The first-order valence-electron chi connectivity index (χ1n) is 12.2. The van der Waals surface area contributed by atoms with Crippen molar-refractivity contribution in [3.05, 3.63) is 35.6 Å². The number of likely N-dealkylation sites (tertiary alicyclic amines) is 2. The molecule has 2 saturated heterocycles. The first-order chi connectivity index (χ1) is 15.1. The molecule has 2 aliphatic rings. The minimum atomic E-state index is -0.272. The average Bonchev–Trinajstić information content (AvgIpc) is 2.73. The van der Waals surface area contributed by atoms with E-state index < -0.39 is 0 Å². The summed E-state index contributed by atoms with van der Waals surface area (Å²) in [4.78, 5) is 29.9. The molecule has 1 atom stereocenters. The van der Waals surface area contributed by atoms with Crippen molar-refractivity contribution in [3.63, 3.8) is 0 Å². The zero-order valence-electron chi connectivity index (χ0n) is 20.2. The average molecular weight is 446 g/mol. The number of hydrogen-bond donors (Lipinski definition) is 1. The van der Waals surface area contributed by atoms with E-state index in [9.17, 15) is 14.0 Å². The fourth-order valence-corrected chi connectivity index (χ4v) is 4.83. The van der Waals surface area contributed by atoms with Gasteiger partial charge in [0.05, 0.1) is 12.6 Å². The number of carbonyl (C=O) groups excluding carboxylic acids is 2. The van der Waals surface area contributed by atoms with Gasteiger partial charge in [0, 0.05) is 19.0 Å². The summed E-state index contributed by atoms with van der Waals surface area (Å²) in [5.41, 5.74) is 0.951.